The number of aromatic nitrogens is 1. The molecule has 8 nitrogen and oxygen atoms in total. The third-order valence-corrected chi connectivity index (χ3v) is 8.50. The highest BCUT2D eigenvalue weighted by Crippen LogP contribution is 2.30. The minimum Gasteiger partial charge on any atom is -0.375 e. The minimum atomic E-state index is -3.63. The molecule has 1 fully saturated rings. The number of aryl methyl sites for hydroxylation is 2. The number of hydrogen-bond donors (Lipinski definition) is 1. The molecule has 0 aliphatic carbocycles. The molecular formula is C23H34N4O4S. The van der Waals surface area contributed by atoms with E-state index < -0.39 is 10.0 Å². The van der Waals surface area contributed by atoms with Gasteiger partial charge in [0, 0.05) is 44.8 Å². The van der Waals surface area contributed by atoms with Gasteiger partial charge in [-0.1, -0.05) is 30.3 Å². The van der Waals surface area contributed by atoms with E-state index in [1.807, 2.05) is 32.2 Å². The smallest absolute Gasteiger partial charge is 0.248 e. The Bertz CT molecular complexity index is 979. The molecule has 3 rings (SSSR count). The third kappa shape index (κ3) is 5.50. The molecule has 176 valence electrons. The molecule has 1 atom stereocenters. The van der Waals surface area contributed by atoms with Gasteiger partial charge in [-0.25, -0.2) is 8.42 Å². The van der Waals surface area contributed by atoms with Crippen molar-refractivity contribution in [1.82, 2.24) is 14.8 Å². The quantitative estimate of drug-likeness (QED) is 0.576. The van der Waals surface area contributed by atoms with Gasteiger partial charge in [0.2, 0.25) is 15.9 Å². The number of amides is 1. The molecule has 0 radical (unpaired) electrons. The maximum Gasteiger partial charge on any atom is 0.248 e. The lowest BCUT2D eigenvalue weighted by atomic mass is 9.85. The summed E-state index contributed by atoms with van der Waals surface area (Å²) in [4.78, 5) is 15.0. The number of carbonyl (C=O) groups is 1. The van der Waals surface area contributed by atoms with E-state index in [9.17, 15) is 13.2 Å². The number of rotatable bonds is 9. The Balaban J connectivity index is 1.43. The highest BCUT2D eigenvalue weighted by molar-refractivity contribution is 7.89. The third-order valence-electron chi connectivity index (χ3n) is 6.35. The summed E-state index contributed by atoms with van der Waals surface area (Å²) in [6.07, 6.45) is 2.18. The van der Waals surface area contributed by atoms with Crippen LogP contribution in [0.4, 0.5) is 5.69 Å². The molecule has 2 aromatic rings. The van der Waals surface area contributed by atoms with E-state index >= 15 is 0 Å². The predicted molar refractivity (Wildman–Crippen MR) is 124 cm³/mol. The lowest BCUT2D eigenvalue weighted by Gasteiger charge is -2.33. The number of benzene rings is 1. The Morgan fingerprint density at radius 2 is 1.91 bits per heavy atom. The van der Waals surface area contributed by atoms with E-state index in [2.05, 4.69) is 27.5 Å². The second kappa shape index (κ2) is 10.5. The number of para-hydroxylation sites is 1. The van der Waals surface area contributed by atoms with Crippen LogP contribution in [0.3, 0.4) is 0 Å². The van der Waals surface area contributed by atoms with Gasteiger partial charge in [-0.3, -0.25) is 4.79 Å². The highest BCUT2D eigenvalue weighted by Gasteiger charge is 2.36. The predicted octanol–water partition coefficient (Wildman–Crippen LogP) is 2.97. The number of anilines is 1. The Morgan fingerprint density at radius 3 is 2.50 bits per heavy atom. The second-order valence-electron chi connectivity index (χ2n) is 8.59. The van der Waals surface area contributed by atoms with Crippen LogP contribution in [-0.4, -0.2) is 57.0 Å². The molecule has 1 aromatic heterocycles. The monoisotopic (exact) mass is 462 g/mol. The van der Waals surface area contributed by atoms with Crippen LogP contribution < -0.4 is 10.2 Å². The maximum absolute atomic E-state index is 13.0. The molecule has 1 aromatic carbocycles. The minimum absolute atomic E-state index is 0.0411. The van der Waals surface area contributed by atoms with Crippen molar-refractivity contribution in [3.05, 3.63) is 41.8 Å². The van der Waals surface area contributed by atoms with Crippen molar-refractivity contribution in [3.8, 4) is 0 Å². The van der Waals surface area contributed by atoms with Crippen LogP contribution in [0.5, 0.6) is 0 Å². The zero-order valence-corrected chi connectivity index (χ0v) is 20.2. The standard InChI is InChI=1S/C23H34N4O4S/c1-17(23(28)24-13-8-14-26(4)21-9-6-5-7-10-21)20-11-15-27(16-12-20)32(29,30)22-18(2)25-31-19(22)3/h5-7,9-10,17,20H,8,11-16H2,1-4H3,(H,24,28)/t17-/m0/s1. The van der Waals surface area contributed by atoms with Gasteiger partial charge in [-0.2, -0.15) is 4.31 Å². The van der Waals surface area contributed by atoms with Crippen molar-refractivity contribution in [3.63, 3.8) is 0 Å². The van der Waals surface area contributed by atoms with Gasteiger partial charge in [0.1, 0.15) is 10.6 Å². The molecule has 32 heavy (non-hydrogen) atoms. The highest BCUT2D eigenvalue weighted by atomic mass is 32.2. The summed E-state index contributed by atoms with van der Waals surface area (Å²) in [7, 11) is -1.58. The van der Waals surface area contributed by atoms with E-state index in [0.717, 1.165) is 18.7 Å². The summed E-state index contributed by atoms with van der Waals surface area (Å²) in [5.74, 6) is 0.374. The van der Waals surface area contributed by atoms with Crippen LogP contribution in [0, 0.1) is 25.7 Å². The van der Waals surface area contributed by atoms with E-state index in [-0.39, 0.29) is 22.6 Å². The lowest BCUT2D eigenvalue weighted by Crippen LogP contribution is -2.43. The topological polar surface area (TPSA) is 95.8 Å². The SMILES string of the molecule is Cc1noc(C)c1S(=O)(=O)N1CCC([C@H](C)C(=O)NCCCN(C)c2ccccc2)CC1. The molecular weight excluding hydrogens is 428 g/mol. The fourth-order valence-electron chi connectivity index (χ4n) is 4.30. The zero-order chi connectivity index (χ0) is 23.3. The molecule has 1 aliphatic rings. The van der Waals surface area contributed by atoms with E-state index in [0.29, 0.717) is 43.9 Å². The van der Waals surface area contributed by atoms with Gasteiger partial charge in [0.15, 0.2) is 5.76 Å². The normalized spacial score (nSPS) is 16.6. The number of sulfonamides is 1. The van der Waals surface area contributed by atoms with Crippen LogP contribution in [0.2, 0.25) is 0 Å². The number of carbonyl (C=O) groups excluding carboxylic acids is 1. The molecule has 1 amide bonds. The van der Waals surface area contributed by atoms with Gasteiger partial charge in [0.25, 0.3) is 0 Å². The molecule has 0 bridgehead atoms. The van der Waals surface area contributed by atoms with Crippen molar-refractivity contribution >= 4 is 21.6 Å². The average molecular weight is 463 g/mol. The zero-order valence-electron chi connectivity index (χ0n) is 19.4. The van der Waals surface area contributed by atoms with Crippen LogP contribution in [0.15, 0.2) is 39.8 Å². The fraction of sp³-hybridized carbons (Fsp3) is 0.565. The first-order valence-electron chi connectivity index (χ1n) is 11.2. The fourth-order valence-corrected chi connectivity index (χ4v) is 6.06. The molecule has 0 spiro atoms. The van der Waals surface area contributed by atoms with Crippen molar-refractivity contribution < 1.29 is 17.7 Å². The van der Waals surface area contributed by atoms with E-state index in [4.69, 9.17) is 4.52 Å². The Morgan fingerprint density at radius 1 is 1.25 bits per heavy atom. The largest absolute Gasteiger partial charge is 0.375 e. The average Bonchev–Trinajstić information content (AvgIpc) is 3.15. The number of hydrogen-bond acceptors (Lipinski definition) is 6. The number of nitrogens with one attached hydrogen (secondary N) is 1. The number of piperidine rings is 1. The first-order chi connectivity index (χ1) is 15.2. The Kier molecular flexibility index (Phi) is 7.95. The van der Waals surface area contributed by atoms with Gasteiger partial charge in [-0.15, -0.1) is 0 Å². The first-order valence-corrected chi connectivity index (χ1v) is 12.6. The maximum atomic E-state index is 13.0. The van der Waals surface area contributed by atoms with Gasteiger partial charge in [-0.05, 0) is 51.2 Å². The van der Waals surface area contributed by atoms with Crippen molar-refractivity contribution in [2.24, 2.45) is 11.8 Å². The lowest BCUT2D eigenvalue weighted by molar-refractivity contribution is -0.126. The molecule has 0 saturated carbocycles. The summed E-state index contributed by atoms with van der Waals surface area (Å²) in [6.45, 7) is 7.47. The van der Waals surface area contributed by atoms with Gasteiger partial charge in [0.05, 0.1) is 0 Å². The molecule has 9 heteroatoms. The molecule has 2 heterocycles. The van der Waals surface area contributed by atoms with Gasteiger partial charge >= 0.3 is 0 Å². The van der Waals surface area contributed by atoms with Crippen LogP contribution in [-0.2, 0) is 14.8 Å². The molecule has 0 unspecified atom stereocenters. The van der Waals surface area contributed by atoms with Crippen LogP contribution >= 0.6 is 0 Å². The molecule has 1 N–H and O–H groups in total. The van der Waals surface area contributed by atoms with E-state index in [1.165, 1.54) is 4.31 Å². The number of nitrogens with zero attached hydrogens (tertiary/aromatic N) is 3. The van der Waals surface area contributed by atoms with Crippen molar-refractivity contribution in [2.45, 2.75) is 44.9 Å². The second-order valence-corrected chi connectivity index (χ2v) is 10.5. The molecule has 1 saturated heterocycles. The molecule has 1 aliphatic heterocycles. The Hall–Kier alpha value is -2.39. The van der Waals surface area contributed by atoms with E-state index in [1.54, 1.807) is 13.8 Å². The summed E-state index contributed by atoms with van der Waals surface area (Å²) in [5.41, 5.74) is 1.54. The summed E-state index contributed by atoms with van der Waals surface area (Å²) in [6, 6.07) is 10.2. The van der Waals surface area contributed by atoms with Crippen LogP contribution in [0.1, 0.15) is 37.6 Å². The summed E-state index contributed by atoms with van der Waals surface area (Å²) < 4.78 is 32.5. The Labute approximate surface area is 191 Å². The first kappa shape index (κ1) is 24.3. The summed E-state index contributed by atoms with van der Waals surface area (Å²) >= 11 is 0. The summed E-state index contributed by atoms with van der Waals surface area (Å²) in [5, 5.41) is 6.82. The van der Waals surface area contributed by atoms with Crippen molar-refractivity contribution in [2.75, 3.05) is 38.1 Å². The van der Waals surface area contributed by atoms with Crippen LogP contribution in [0.25, 0.3) is 0 Å². The van der Waals surface area contributed by atoms with Crippen molar-refractivity contribution in [1.29, 1.82) is 0 Å². The van der Waals surface area contributed by atoms with Gasteiger partial charge < -0.3 is 14.7 Å².